The van der Waals surface area contributed by atoms with Gasteiger partial charge in [-0.15, -0.1) is 0 Å². The lowest BCUT2D eigenvalue weighted by Crippen LogP contribution is -2.22. The van der Waals surface area contributed by atoms with Crippen molar-refractivity contribution in [3.05, 3.63) is 46.5 Å². The van der Waals surface area contributed by atoms with Crippen molar-refractivity contribution in [1.82, 2.24) is 14.3 Å². The van der Waals surface area contributed by atoms with E-state index in [1.165, 1.54) is 12.8 Å². The third-order valence-corrected chi connectivity index (χ3v) is 3.21. The average molecular weight is 229 g/mol. The fourth-order valence-corrected chi connectivity index (χ4v) is 2.35. The van der Waals surface area contributed by atoms with E-state index in [2.05, 4.69) is 9.88 Å². The molecule has 3 heterocycles. The molecule has 4 nitrogen and oxygen atoms in total. The monoisotopic (exact) mass is 229 g/mol. The lowest BCUT2D eigenvalue weighted by Gasteiger charge is -2.13. The molecule has 0 aromatic carbocycles. The normalized spacial score (nSPS) is 16.7. The Morgan fingerprint density at radius 1 is 1.24 bits per heavy atom. The molecule has 3 rings (SSSR count). The van der Waals surface area contributed by atoms with Crippen LogP contribution in [0.15, 0.2) is 35.3 Å². The number of nitrogens with zero attached hydrogens (tertiary/aromatic N) is 3. The van der Waals surface area contributed by atoms with Crippen molar-refractivity contribution in [2.24, 2.45) is 0 Å². The van der Waals surface area contributed by atoms with Crippen molar-refractivity contribution in [1.29, 1.82) is 0 Å². The number of hydrogen-bond donors (Lipinski definition) is 0. The number of hydrogen-bond acceptors (Lipinski definition) is 3. The van der Waals surface area contributed by atoms with Crippen LogP contribution in [-0.4, -0.2) is 27.4 Å². The molecule has 1 aliphatic heterocycles. The zero-order chi connectivity index (χ0) is 11.7. The standard InChI is InChI=1S/C13H15N3O/c17-13-9-11(10-15-6-3-4-7-15)14-12-5-1-2-8-16(12)13/h1-2,5,8-9H,3-4,6-7,10H2. The Balaban J connectivity index is 1.97. The molecule has 0 atom stereocenters. The molecule has 0 amide bonds. The number of aromatic nitrogens is 2. The van der Waals surface area contributed by atoms with E-state index in [0.717, 1.165) is 31.0 Å². The zero-order valence-electron chi connectivity index (χ0n) is 9.67. The smallest absolute Gasteiger partial charge is 0.258 e. The van der Waals surface area contributed by atoms with Crippen molar-refractivity contribution >= 4 is 5.65 Å². The third kappa shape index (κ3) is 2.08. The van der Waals surface area contributed by atoms with Gasteiger partial charge in [0.25, 0.3) is 5.56 Å². The summed E-state index contributed by atoms with van der Waals surface area (Å²) in [5.41, 5.74) is 1.61. The fourth-order valence-electron chi connectivity index (χ4n) is 2.35. The Bertz CT molecular complexity index is 584. The highest BCUT2D eigenvalue weighted by Gasteiger charge is 2.13. The second-order valence-electron chi connectivity index (χ2n) is 4.50. The first-order valence-corrected chi connectivity index (χ1v) is 6.03. The summed E-state index contributed by atoms with van der Waals surface area (Å²) in [6.07, 6.45) is 4.27. The lowest BCUT2D eigenvalue weighted by atomic mass is 10.3. The molecule has 0 bridgehead atoms. The summed E-state index contributed by atoms with van der Waals surface area (Å²) in [6.45, 7) is 3.03. The minimum Gasteiger partial charge on any atom is -0.298 e. The summed E-state index contributed by atoms with van der Waals surface area (Å²) >= 11 is 0. The van der Waals surface area contributed by atoms with Crippen LogP contribution in [0, 0.1) is 0 Å². The molecule has 0 saturated carbocycles. The maximum absolute atomic E-state index is 11.9. The Labute approximate surface area is 99.5 Å². The van der Waals surface area contributed by atoms with Crippen molar-refractivity contribution in [2.75, 3.05) is 13.1 Å². The third-order valence-electron chi connectivity index (χ3n) is 3.21. The van der Waals surface area contributed by atoms with Crippen LogP contribution < -0.4 is 5.56 Å². The summed E-state index contributed by atoms with van der Waals surface area (Å²) in [6, 6.07) is 7.26. The quantitative estimate of drug-likeness (QED) is 0.778. The van der Waals surface area contributed by atoms with E-state index < -0.39 is 0 Å². The Kier molecular flexibility index (Phi) is 2.65. The summed E-state index contributed by atoms with van der Waals surface area (Å²) in [5, 5.41) is 0. The minimum absolute atomic E-state index is 0.00444. The molecule has 0 unspecified atom stereocenters. The van der Waals surface area contributed by atoms with Gasteiger partial charge in [-0.2, -0.15) is 0 Å². The highest BCUT2D eigenvalue weighted by Crippen LogP contribution is 2.10. The molecule has 0 N–H and O–H groups in total. The molecule has 17 heavy (non-hydrogen) atoms. The van der Waals surface area contributed by atoms with Crippen molar-refractivity contribution in [3.63, 3.8) is 0 Å². The molecule has 2 aromatic heterocycles. The van der Waals surface area contributed by atoms with E-state index in [9.17, 15) is 4.79 Å². The Morgan fingerprint density at radius 2 is 2.06 bits per heavy atom. The molecule has 4 heteroatoms. The van der Waals surface area contributed by atoms with Gasteiger partial charge in [-0.25, -0.2) is 4.98 Å². The van der Waals surface area contributed by atoms with Gasteiger partial charge < -0.3 is 0 Å². The average Bonchev–Trinajstić information content (AvgIpc) is 2.82. The zero-order valence-corrected chi connectivity index (χ0v) is 9.67. The Morgan fingerprint density at radius 3 is 2.88 bits per heavy atom. The molecule has 2 aromatic rings. The molecule has 0 radical (unpaired) electrons. The van der Waals surface area contributed by atoms with Crippen molar-refractivity contribution < 1.29 is 0 Å². The highest BCUT2D eigenvalue weighted by molar-refractivity contribution is 5.37. The second-order valence-corrected chi connectivity index (χ2v) is 4.50. The van der Waals surface area contributed by atoms with Gasteiger partial charge in [-0.1, -0.05) is 6.07 Å². The van der Waals surface area contributed by atoms with Gasteiger partial charge in [0.15, 0.2) is 0 Å². The van der Waals surface area contributed by atoms with Crippen LogP contribution in [0.2, 0.25) is 0 Å². The predicted octanol–water partition coefficient (Wildman–Crippen LogP) is 1.29. The first-order valence-electron chi connectivity index (χ1n) is 6.03. The van der Waals surface area contributed by atoms with E-state index in [-0.39, 0.29) is 5.56 Å². The first kappa shape index (κ1) is 10.5. The van der Waals surface area contributed by atoms with E-state index in [4.69, 9.17) is 0 Å². The maximum Gasteiger partial charge on any atom is 0.258 e. The second kappa shape index (κ2) is 4.30. The van der Waals surface area contributed by atoms with E-state index in [0.29, 0.717) is 0 Å². The molecule has 0 spiro atoms. The molecular weight excluding hydrogens is 214 g/mol. The molecule has 88 valence electrons. The van der Waals surface area contributed by atoms with Crippen molar-refractivity contribution in [3.8, 4) is 0 Å². The first-order chi connectivity index (χ1) is 8.33. The van der Waals surface area contributed by atoms with E-state index in [1.807, 2.05) is 18.2 Å². The molecule has 1 saturated heterocycles. The van der Waals surface area contributed by atoms with Crippen LogP contribution in [0.25, 0.3) is 5.65 Å². The molecular formula is C13H15N3O. The van der Waals surface area contributed by atoms with Gasteiger partial charge in [0.2, 0.25) is 0 Å². The van der Waals surface area contributed by atoms with E-state index >= 15 is 0 Å². The van der Waals surface area contributed by atoms with Crippen molar-refractivity contribution in [2.45, 2.75) is 19.4 Å². The van der Waals surface area contributed by atoms with Gasteiger partial charge in [0, 0.05) is 18.8 Å². The SMILES string of the molecule is O=c1cc(CN2CCCC2)nc2ccccn12. The number of fused-ring (bicyclic) bond motifs is 1. The van der Waals surface area contributed by atoms with Crippen LogP contribution in [-0.2, 0) is 6.54 Å². The van der Waals surface area contributed by atoms with Crippen LogP contribution in [0.4, 0.5) is 0 Å². The van der Waals surface area contributed by atoms with Crippen LogP contribution in [0.3, 0.4) is 0 Å². The summed E-state index contributed by atoms with van der Waals surface area (Å²) in [5.74, 6) is 0. The number of pyridine rings is 1. The predicted molar refractivity (Wildman–Crippen MR) is 66.0 cm³/mol. The van der Waals surface area contributed by atoms with Gasteiger partial charge >= 0.3 is 0 Å². The van der Waals surface area contributed by atoms with Gasteiger partial charge in [0.05, 0.1) is 5.69 Å². The molecule has 0 aliphatic carbocycles. The maximum atomic E-state index is 11.9. The van der Waals surface area contributed by atoms with Crippen LogP contribution >= 0.6 is 0 Å². The largest absolute Gasteiger partial charge is 0.298 e. The lowest BCUT2D eigenvalue weighted by molar-refractivity contribution is 0.327. The number of rotatable bonds is 2. The fraction of sp³-hybridized carbons (Fsp3) is 0.385. The van der Waals surface area contributed by atoms with E-state index in [1.54, 1.807) is 16.7 Å². The van der Waals surface area contributed by atoms with Gasteiger partial charge in [0.1, 0.15) is 5.65 Å². The van der Waals surface area contributed by atoms with Gasteiger partial charge in [-0.05, 0) is 38.1 Å². The topological polar surface area (TPSA) is 37.6 Å². The Hall–Kier alpha value is -1.68. The highest BCUT2D eigenvalue weighted by atomic mass is 16.1. The number of likely N-dealkylation sites (tertiary alicyclic amines) is 1. The summed E-state index contributed by atoms with van der Waals surface area (Å²) in [4.78, 5) is 18.7. The molecule has 1 fully saturated rings. The van der Waals surface area contributed by atoms with Crippen LogP contribution in [0.5, 0.6) is 0 Å². The minimum atomic E-state index is 0.00444. The summed E-state index contributed by atoms with van der Waals surface area (Å²) in [7, 11) is 0. The van der Waals surface area contributed by atoms with Gasteiger partial charge in [-0.3, -0.25) is 14.1 Å². The molecule has 1 aliphatic rings. The van der Waals surface area contributed by atoms with Crippen LogP contribution in [0.1, 0.15) is 18.5 Å². The summed E-state index contributed by atoms with van der Waals surface area (Å²) < 4.78 is 1.58.